The molecule has 2 atom stereocenters. The predicted octanol–water partition coefficient (Wildman–Crippen LogP) is 1.21. The average Bonchev–Trinajstić information content (AvgIpc) is 1.93. The number of likely N-dealkylation sites (tertiary alicyclic amines) is 1. The fraction of sp³-hybridized carbons (Fsp3) is 1.00. The monoisotopic (exact) mass is 156 g/mol. The van der Waals surface area contributed by atoms with E-state index in [1.807, 2.05) is 0 Å². The van der Waals surface area contributed by atoms with Crippen LogP contribution in [0.1, 0.15) is 32.6 Å². The second-order valence-corrected chi connectivity index (χ2v) is 3.84. The van der Waals surface area contributed by atoms with Crippen molar-refractivity contribution in [2.24, 2.45) is 5.73 Å². The zero-order valence-electron chi connectivity index (χ0n) is 7.71. The summed E-state index contributed by atoms with van der Waals surface area (Å²) in [6.45, 7) is 3.36. The van der Waals surface area contributed by atoms with Gasteiger partial charge in [-0.2, -0.15) is 0 Å². The molecule has 0 saturated carbocycles. The first-order valence-corrected chi connectivity index (χ1v) is 4.66. The van der Waals surface area contributed by atoms with Crippen molar-refractivity contribution in [1.29, 1.82) is 0 Å². The summed E-state index contributed by atoms with van der Waals surface area (Å²) in [6.07, 6.45) is 5.27. The number of hydrogen-bond donors (Lipinski definition) is 1. The maximum absolute atomic E-state index is 5.76. The van der Waals surface area contributed by atoms with Crippen LogP contribution in [0.15, 0.2) is 0 Å². The lowest BCUT2D eigenvalue weighted by atomic mass is 9.97. The Balaban J connectivity index is 2.29. The summed E-state index contributed by atoms with van der Waals surface area (Å²) in [6, 6.07) is 1.12. The molecule has 0 spiro atoms. The van der Waals surface area contributed by atoms with Crippen LogP contribution < -0.4 is 5.73 Å². The van der Waals surface area contributed by atoms with E-state index in [0.717, 1.165) is 12.5 Å². The van der Waals surface area contributed by atoms with Gasteiger partial charge in [0.05, 0.1) is 0 Å². The van der Waals surface area contributed by atoms with Gasteiger partial charge >= 0.3 is 0 Å². The van der Waals surface area contributed by atoms with Gasteiger partial charge in [0.1, 0.15) is 0 Å². The van der Waals surface area contributed by atoms with E-state index >= 15 is 0 Å². The Morgan fingerprint density at radius 1 is 1.55 bits per heavy atom. The van der Waals surface area contributed by atoms with Crippen molar-refractivity contribution >= 4 is 0 Å². The van der Waals surface area contributed by atoms with Gasteiger partial charge in [0, 0.05) is 12.1 Å². The second kappa shape index (κ2) is 4.07. The van der Waals surface area contributed by atoms with E-state index in [9.17, 15) is 0 Å². The highest BCUT2D eigenvalue weighted by Crippen LogP contribution is 2.18. The van der Waals surface area contributed by atoms with Crippen LogP contribution in [0.25, 0.3) is 0 Å². The Bertz CT molecular complexity index is 112. The number of nitrogens with two attached hydrogens (primary N) is 1. The van der Waals surface area contributed by atoms with Gasteiger partial charge in [0.2, 0.25) is 0 Å². The molecular weight excluding hydrogens is 136 g/mol. The molecule has 2 heteroatoms. The topological polar surface area (TPSA) is 29.3 Å². The molecule has 0 aliphatic carbocycles. The van der Waals surface area contributed by atoms with Crippen molar-refractivity contribution in [3.05, 3.63) is 0 Å². The molecule has 0 bridgehead atoms. The molecule has 0 aromatic carbocycles. The summed E-state index contributed by atoms with van der Waals surface area (Å²) in [5.41, 5.74) is 5.76. The summed E-state index contributed by atoms with van der Waals surface area (Å²) in [5.74, 6) is 0. The van der Waals surface area contributed by atoms with E-state index in [2.05, 4.69) is 18.9 Å². The molecule has 0 aromatic rings. The predicted molar refractivity (Wildman–Crippen MR) is 48.5 cm³/mol. The number of rotatable bonds is 2. The fourth-order valence-corrected chi connectivity index (χ4v) is 1.87. The minimum absolute atomic E-state index is 0.362. The zero-order chi connectivity index (χ0) is 8.27. The molecule has 1 rings (SSSR count). The third kappa shape index (κ3) is 2.80. The van der Waals surface area contributed by atoms with Crippen molar-refractivity contribution in [3.63, 3.8) is 0 Å². The van der Waals surface area contributed by atoms with Crippen LogP contribution in [0.5, 0.6) is 0 Å². The molecule has 1 saturated heterocycles. The summed E-state index contributed by atoms with van der Waals surface area (Å²) in [7, 11) is 2.21. The van der Waals surface area contributed by atoms with Crippen LogP contribution in [-0.2, 0) is 0 Å². The Morgan fingerprint density at radius 3 is 2.82 bits per heavy atom. The lowest BCUT2D eigenvalue weighted by molar-refractivity contribution is 0.170. The largest absolute Gasteiger partial charge is 0.328 e. The van der Waals surface area contributed by atoms with Gasteiger partial charge in [0.15, 0.2) is 0 Å². The van der Waals surface area contributed by atoms with Gasteiger partial charge in [-0.1, -0.05) is 6.42 Å². The first kappa shape index (κ1) is 9.01. The summed E-state index contributed by atoms with van der Waals surface area (Å²) in [5, 5.41) is 0. The highest BCUT2D eigenvalue weighted by molar-refractivity contribution is 4.76. The van der Waals surface area contributed by atoms with Crippen molar-refractivity contribution in [1.82, 2.24) is 4.90 Å². The smallest absolute Gasteiger partial charge is 0.0107 e. The Kier molecular flexibility index (Phi) is 3.34. The van der Waals surface area contributed by atoms with Gasteiger partial charge in [-0.05, 0) is 39.8 Å². The Morgan fingerprint density at radius 2 is 2.27 bits per heavy atom. The lowest BCUT2D eigenvalue weighted by Gasteiger charge is -2.33. The minimum Gasteiger partial charge on any atom is -0.328 e. The van der Waals surface area contributed by atoms with E-state index in [1.165, 1.54) is 25.8 Å². The first-order valence-electron chi connectivity index (χ1n) is 4.66. The normalized spacial score (nSPS) is 30.3. The molecule has 1 aliphatic rings. The molecule has 2 unspecified atom stereocenters. The van der Waals surface area contributed by atoms with Crippen LogP contribution in [0.3, 0.4) is 0 Å². The number of piperidine rings is 1. The van der Waals surface area contributed by atoms with Gasteiger partial charge in [-0.25, -0.2) is 0 Å². The summed E-state index contributed by atoms with van der Waals surface area (Å²) < 4.78 is 0. The molecule has 2 nitrogen and oxygen atoms in total. The molecular formula is C9H20N2. The van der Waals surface area contributed by atoms with Crippen molar-refractivity contribution in [2.45, 2.75) is 44.7 Å². The van der Waals surface area contributed by atoms with E-state index < -0.39 is 0 Å². The van der Waals surface area contributed by atoms with Crippen LogP contribution >= 0.6 is 0 Å². The van der Waals surface area contributed by atoms with Gasteiger partial charge in [0.25, 0.3) is 0 Å². The standard InChI is InChI=1S/C9H20N2/c1-8(10)7-9-5-3-4-6-11(9)2/h8-9H,3-7,10H2,1-2H3. The van der Waals surface area contributed by atoms with E-state index in [4.69, 9.17) is 5.73 Å². The number of hydrogen-bond acceptors (Lipinski definition) is 2. The van der Waals surface area contributed by atoms with Crippen molar-refractivity contribution in [2.75, 3.05) is 13.6 Å². The van der Waals surface area contributed by atoms with Crippen LogP contribution in [0.2, 0.25) is 0 Å². The summed E-state index contributed by atoms with van der Waals surface area (Å²) >= 11 is 0. The average molecular weight is 156 g/mol. The second-order valence-electron chi connectivity index (χ2n) is 3.84. The van der Waals surface area contributed by atoms with Crippen LogP contribution in [-0.4, -0.2) is 30.6 Å². The first-order chi connectivity index (χ1) is 5.20. The summed E-state index contributed by atoms with van der Waals surface area (Å²) in [4.78, 5) is 2.45. The third-order valence-electron chi connectivity index (χ3n) is 2.57. The fourth-order valence-electron chi connectivity index (χ4n) is 1.87. The van der Waals surface area contributed by atoms with Gasteiger partial charge < -0.3 is 10.6 Å². The van der Waals surface area contributed by atoms with E-state index in [1.54, 1.807) is 0 Å². The lowest BCUT2D eigenvalue weighted by Crippen LogP contribution is -2.39. The van der Waals surface area contributed by atoms with Crippen LogP contribution in [0.4, 0.5) is 0 Å². The minimum atomic E-state index is 0.362. The maximum Gasteiger partial charge on any atom is 0.0107 e. The SMILES string of the molecule is CC(N)CC1CCCCN1C. The van der Waals surface area contributed by atoms with Crippen molar-refractivity contribution in [3.8, 4) is 0 Å². The zero-order valence-corrected chi connectivity index (χ0v) is 7.71. The van der Waals surface area contributed by atoms with Crippen molar-refractivity contribution < 1.29 is 0 Å². The van der Waals surface area contributed by atoms with E-state index in [-0.39, 0.29) is 0 Å². The van der Waals surface area contributed by atoms with E-state index in [0.29, 0.717) is 6.04 Å². The molecule has 11 heavy (non-hydrogen) atoms. The molecule has 66 valence electrons. The third-order valence-corrected chi connectivity index (χ3v) is 2.57. The Labute approximate surface area is 69.8 Å². The highest BCUT2D eigenvalue weighted by Gasteiger charge is 2.19. The molecule has 1 aliphatic heterocycles. The van der Waals surface area contributed by atoms with Gasteiger partial charge in [-0.15, -0.1) is 0 Å². The highest BCUT2D eigenvalue weighted by atomic mass is 15.1. The quantitative estimate of drug-likeness (QED) is 0.651. The molecule has 2 N–H and O–H groups in total. The van der Waals surface area contributed by atoms with Gasteiger partial charge in [-0.3, -0.25) is 0 Å². The molecule has 0 aromatic heterocycles. The molecule has 0 amide bonds. The number of nitrogens with zero attached hydrogens (tertiary/aromatic N) is 1. The van der Waals surface area contributed by atoms with Crippen LogP contribution in [0, 0.1) is 0 Å². The maximum atomic E-state index is 5.76. The molecule has 1 heterocycles. The molecule has 0 radical (unpaired) electrons. The molecule has 1 fully saturated rings. The Hall–Kier alpha value is -0.0800.